The van der Waals surface area contributed by atoms with Crippen molar-refractivity contribution in [1.29, 1.82) is 5.26 Å². The van der Waals surface area contributed by atoms with Gasteiger partial charge in [-0.05, 0) is 12.1 Å². The van der Waals surface area contributed by atoms with E-state index in [0.29, 0.717) is 17.1 Å². The topological polar surface area (TPSA) is 94.5 Å². The van der Waals surface area contributed by atoms with Crippen LogP contribution in [0.5, 0.6) is 0 Å². The van der Waals surface area contributed by atoms with Crippen LogP contribution >= 0.6 is 0 Å². The Morgan fingerprint density at radius 1 is 1.29 bits per heavy atom. The Morgan fingerprint density at radius 3 is 3.00 bits per heavy atom. The Labute approximate surface area is 120 Å². The molecule has 2 heterocycles. The van der Waals surface area contributed by atoms with E-state index in [2.05, 4.69) is 20.5 Å². The van der Waals surface area contributed by atoms with Crippen molar-refractivity contribution < 1.29 is 4.79 Å². The molecule has 102 valence electrons. The summed E-state index contributed by atoms with van der Waals surface area (Å²) in [6.45, 7) is 0. The lowest BCUT2D eigenvalue weighted by Gasteiger charge is -2.04. The van der Waals surface area contributed by atoms with Crippen LogP contribution in [0.3, 0.4) is 0 Å². The summed E-state index contributed by atoms with van der Waals surface area (Å²) in [4.78, 5) is 16.4. The lowest BCUT2D eigenvalue weighted by Crippen LogP contribution is -2.16. The smallest absolute Gasteiger partial charge is 0.231 e. The number of para-hydroxylation sites is 1. The third kappa shape index (κ3) is 2.72. The molecule has 21 heavy (non-hydrogen) atoms. The van der Waals surface area contributed by atoms with Gasteiger partial charge in [-0.15, -0.1) is 0 Å². The van der Waals surface area contributed by atoms with Gasteiger partial charge in [-0.1, -0.05) is 24.3 Å². The maximum Gasteiger partial charge on any atom is 0.231 e. The highest BCUT2D eigenvalue weighted by atomic mass is 16.1. The molecule has 1 amide bonds. The van der Waals surface area contributed by atoms with E-state index >= 15 is 0 Å². The Hall–Kier alpha value is -3.20. The van der Waals surface area contributed by atoms with E-state index in [-0.39, 0.29) is 12.3 Å². The Kier molecular flexibility index (Phi) is 3.31. The molecule has 0 unspecified atom stereocenters. The number of H-pyrrole nitrogens is 1. The fourth-order valence-corrected chi connectivity index (χ4v) is 2.02. The second-order valence-electron chi connectivity index (χ2n) is 4.49. The number of anilines is 1. The summed E-state index contributed by atoms with van der Waals surface area (Å²) >= 11 is 0. The van der Waals surface area contributed by atoms with Crippen molar-refractivity contribution in [3.8, 4) is 6.07 Å². The normalized spacial score (nSPS) is 10.2. The van der Waals surface area contributed by atoms with Crippen LogP contribution in [0.25, 0.3) is 10.9 Å². The predicted molar refractivity (Wildman–Crippen MR) is 77.4 cm³/mol. The van der Waals surface area contributed by atoms with Gasteiger partial charge in [0.25, 0.3) is 0 Å². The van der Waals surface area contributed by atoms with Gasteiger partial charge in [-0.25, -0.2) is 0 Å². The van der Waals surface area contributed by atoms with Crippen LogP contribution in [0.2, 0.25) is 0 Å². The van der Waals surface area contributed by atoms with Gasteiger partial charge >= 0.3 is 0 Å². The molecule has 6 nitrogen and oxygen atoms in total. The highest BCUT2D eigenvalue weighted by Gasteiger charge is 2.10. The molecule has 0 radical (unpaired) electrons. The lowest BCUT2D eigenvalue weighted by atomic mass is 10.2. The first kappa shape index (κ1) is 12.8. The van der Waals surface area contributed by atoms with Crippen molar-refractivity contribution in [2.75, 3.05) is 5.32 Å². The number of aromatic nitrogens is 3. The Morgan fingerprint density at radius 2 is 2.14 bits per heavy atom. The first-order valence-corrected chi connectivity index (χ1v) is 6.34. The lowest BCUT2D eigenvalue weighted by molar-refractivity contribution is -0.115. The summed E-state index contributed by atoms with van der Waals surface area (Å²) in [7, 11) is 0. The summed E-state index contributed by atoms with van der Waals surface area (Å²) in [5, 5.41) is 18.8. The van der Waals surface area contributed by atoms with E-state index in [1.54, 1.807) is 0 Å². The predicted octanol–water partition coefficient (Wildman–Crippen LogP) is 2.01. The molecule has 3 aromatic rings. The van der Waals surface area contributed by atoms with Crippen molar-refractivity contribution in [2.45, 2.75) is 6.42 Å². The molecule has 0 aliphatic heterocycles. The minimum Gasteiger partial charge on any atom is -0.310 e. The van der Waals surface area contributed by atoms with Gasteiger partial charge < -0.3 is 5.32 Å². The zero-order valence-corrected chi connectivity index (χ0v) is 11.0. The van der Waals surface area contributed by atoms with E-state index in [9.17, 15) is 4.79 Å². The maximum absolute atomic E-state index is 12.0. The van der Waals surface area contributed by atoms with E-state index in [4.69, 9.17) is 5.26 Å². The Bertz CT molecular complexity index is 846. The highest BCUT2D eigenvalue weighted by molar-refractivity contribution is 5.92. The second kappa shape index (κ2) is 5.43. The molecule has 0 atom stereocenters. The molecule has 0 aliphatic rings. The Balaban J connectivity index is 1.76. The first-order valence-electron chi connectivity index (χ1n) is 6.34. The van der Waals surface area contributed by atoms with Crippen LogP contribution in [0.1, 0.15) is 11.3 Å². The molecule has 2 N–H and O–H groups in total. The van der Waals surface area contributed by atoms with Crippen LogP contribution in [-0.2, 0) is 11.2 Å². The number of aromatic amines is 1. The van der Waals surface area contributed by atoms with Gasteiger partial charge in [0.15, 0.2) is 0 Å². The quantitative estimate of drug-likeness (QED) is 0.765. The van der Waals surface area contributed by atoms with Crippen LogP contribution in [-0.4, -0.2) is 21.1 Å². The van der Waals surface area contributed by atoms with Crippen molar-refractivity contribution in [2.24, 2.45) is 0 Å². The molecule has 6 heteroatoms. The number of carbonyl (C=O) groups excluding carboxylic acids is 1. The van der Waals surface area contributed by atoms with E-state index < -0.39 is 0 Å². The number of hydrogen-bond acceptors (Lipinski definition) is 4. The molecule has 0 aliphatic carbocycles. The third-order valence-corrected chi connectivity index (χ3v) is 3.02. The summed E-state index contributed by atoms with van der Waals surface area (Å²) in [6.07, 6.45) is 1.50. The molecule has 3 rings (SSSR count). The molecular weight excluding hydrogens is 266 g/mol. The minimum absolute atomic E-state index is 0.134. The molecule has 0 bridgehead atoms. The molecule has 0 spiro atoms. The minimum atomic E-state index is -0.251. The molecule has 0 saturated heterocycles. The summed E-state index contributed by atoms with van der Waals surface area (Å²) in [5.41, 5.74) is 1.82. The number of rotatable bonds is 3. The third-order valence-electron chi connectivity index (χ3n) is 3.02. The summed E-state index contributed by atoms with van der Waals surface area (Å²) < 4.78 is 0. The zero-order chi connectivity index (χ0) is 14.7. The summed E-state index contributed by atoms with van der Waals surface area (Å²) in [5.74, 6) is 0.0572. The average molecular weight is 277 g/mol. The van der Waals surface area contributed by atoms with Crippen LogP contribution in [0.4, 0.5) is 5.82 Å². The SMILES string of the molecule is N#Cc1cn[nH]c1NC(=O)Cc1ccc2ccccc2n1. The number of amides is 1. The van der Waals surface area contributed by atoms with Gasteiger partial charge in [0.1, 0.15) is 17.5 Å². The number of nitrogens with zero attached hydrogens (tertiary/aromatic N) is 3. The second-order valence-corrected chi connectivity index (χ2v) is 4.49. The highest BCUT2D eigenvalue weighted by Crippen LogP contribution is 2.13. The van der Waals surface area contributed by atoms with Gasteiger partial charge in [0.05, 0.1) is 23.8 Å². The number of benzene rings is 1. The van der Waals surface area contributed by atoms with Crippen LogP contribution in [0.15, 0.2) is 42.6 Å². The standard InChI is InChI=1S/C15H11N5O/c16-8-11-9-17-20-15(11)19-14(21)7-12-6-5-10-3-1-2-4-13(10)18-12/h1-6,9H,7H2,(H2,17,19,20,21). The van der Waals surface area contributed by atoms with Gasteiger partial charge in [-0.2, -0.15) is 10.4 Å². The van der Waals surface area contributed by atoms with E-state index in [1.807, 2.05) is 42.5 Å². The van der Waals surface area contributed by atoms with Gasteiger partial charge in [-0.3, -0.25) is 14.9 Å². The molecule has 2 aromatic heterocycles. The van der Waals surface area contributed by atoms with Crippen molar-refractivity contribution in [3.05, 3.63) is 53.9 Å². The largest absolute Gasteiger partial charge is 0.310 e. The maximum atomic E-state index is 12.0. The molecular formula is C15H11N5O. The van der Waals surface area contributed by atoms with Crippen molar-refractivity contribution in [3.63, 3.8) is 0 Å². The van der Waals surface area contributed by atoms with Crippen LogP contribution in [0, 0.1) is 11.3 Å². The molecule has 0 fully saturated rings. The number of hydrogen-bond donors (Lipinski definition) is 2. The van der Waals surface area contributed by atoms with Crippen molar-refractivity contribution >= 4 is 22.6 Å². The van der Waals surface area contributed by atoms with Gasteiger partial charge in [0.2, 0.25) is 5.91 Å². The molecule has 0 saturated carbocycles. The summed E-state index contributed by atoms with van der Waals surface area (Å²) in [6, 6.07) is 13.4. The van der Waals surface area contributed by atoms with Crippen LogP contribution < -0.4 is 5.32 Å². The first-order chi connectivity index (χ1) is 10.3. The number of nitrogens with one attached hydrogen (secondary N) is 2. The van der Waals surface area contributed by atoms with Crippen molar-refractivity contribution in [1.82, 2.24) is 15.2 Å². The van der Waals surface area contributed by atoms with Gasteiger partial charge in [0, 0.05) is 5.39 Å². The number of pyridine rings is 1. The monoisotopic (exact) mass is 277 g/mol. The average Bonchev–Trinajstić information content (AvgIpc) is 2.94. The van der Waals surface area contributed by atoms with E-state index in [0.717, 1.165) is 10.9 Å². The molecule has 1 aromatic carbocycles. The number of fused-ring (bicyclic) bond motifs is 1. The fourth-order valence-electron chi connectivity index (χ4n) is 2.02. The number of nitriles is 1. The number of carbonyl (C=O) groups is 1. The van der Waals surface area contributed by atoms with E-state index in [1.165, 1.54) is 6.20 Å². The fraction of sp³-hybridized carbons (Fsp3) is 0.0667. The zero-order valence-electron chi connectivity index (χ0n) is 11.0.